The van der Waals surface area contributed by atoms with Gasteiger partial charge in [-0.15, -0.1) is 0 Å². The van der Waals surface area contributed by atoms with Gasteiger partial charge in [0.15, 0.2) is 0 Å². The maximum atomic E-state index is 2.24. The van der Waals surface area contributed by atoms with E-state index in [0.717, 1.165) is 5.25 Å². The molecule has 0 saturated heterocycles. The average Bonchev–Trinajstić information content (AvgIpc) is 2.43. The van der Waals surface area contributed by atoms with E-state index in [2.05, 4.69) is 42.1 Å². The summed E-state index contributed by atoms with van der Waals surface area (Å²) in [5, 5.41) is 0.961. The van der Waals surface area contributed by atoms with E-state index in [-0.39, 0.29) is 0 Å². The molecule has 1 aliphatic carbocycles. The van der Waals surface area contributed by atoms with E-state index in [0.29, 0.717) is 0 Å². The minimum atomic E-state index is 0.961. The maximum Gasteiger partial charge on any atom is 0.00471 e. The zero-order chi connectivity index (χ0) is 12.3. The van der Waals surface area contributed by atoms with Crippen LogP contribution in [0.2, 0.25) is 0 Å². The highest BCUT2D eigenvalue weighted by Gasteiger charge is 2.12. The first-order valence-corrected chi connectivity index (χ1v) is 8.15. The molecule has 0 bridgehead atoms. The lowest BCUT2D eigenvalue weighted by Gasteiger charge is -2.20. The van der Waals surface area contributed by atoms with Crippen LogP contribution in [0.5, 0.6) is 0 Å². The van der Waals surface area contributed by atoms with Gasteiger partial charge < -0.3 is 0 Å². The number of hydrogen-bond acceptors (Lipinski definition) is 1. The molecule has 0 radical (unpaired) electrons. The molecule has 1 aromatic carbocycles. The van der Waals surface area contributed by atoms with E-state index in [4.69, 9.17) is 0 Å². The Hall–Kier alpha value is -0.430. The van der Waals surface area contributed by atoms with Crippen LogP contribution in [-0.2, 0) is 6.42 Å². The third-order valence-corrected chi connectivity index (χ3v) is 4.52. The Kier molecular flexibility index (Phi) is 8.25. The second kappa shape index (κ2) is 9.58. The number of hydrogen-bond donors (Lipinski definition) is 0. The quantitative estimate of drug-likeness (QED) is 0.697. The third-order valence-electron chi connectivity index (χ3n) is 3.14. The Balaban J connectivity index is 0.000000686. The Morgan fingerprint density at radius 1 is 1.00 bits per heavy atom. The van der Waals surface area contributed by atoms with Gasteiger partial charge in [0.25, 0.3) is 0 Å². The van der Waals surface area contributed by atoms with Crippen LogP contribution in [-0.4, -0.2) is 11.0 Å². The second-order valence-electron chi connectivity index (χ2n) is 4.37. The van der Waals surface area contributed by atoms with Crippen molar-refractivity contribution < 1.29 is 0 Å². The fourth-order valence-corrected chi connectivity index (χ4v) is 3.57. The molecule has 0 nitrogen and oxygen atoms in total. The van der Waals surface area contributed by atoms with Gasteiger partial charge in [-0.2, -0.15) is 11.8 Å². The molecule has 1 saturated carbocycles. The van der Waals surface area contributed by atoms with Crippen LogP contribution < -0.4 is 0 Å². The third kappa shape index (κ3) is 6.16. The molecule has 0 spiro atoms. The van der Waals surface area contributed by atoms with Crippen LogP contribution in [0.1, 0.15) is 51.5 Å². The van der Waals surface area contributed by atoms with Crippen LogP contribution >= 0.6 is 11.8 Å². The van der Waals surface area contributed by atoms with Crippen molar-refractivity contribution >= 4 is 11.8 Å². The standard InChI is InChI=1S/C14H20S.C2H6/c1-3-7-13(8-4-1)11-12-15-14-9-5-2-6-10-14;1-2/h1,3-4,7-8,14H,2,5-6,9-12H2;1-2H3. The van der Waals surface area contributed by atoms with Crippen molar-refractivity contribution in [2.45, 2.75) is 57.6 Å². The summed E-state index contributed by atoms with van der Waals surface area (Å²) >= 11 is 2.19. The van der Waals surface area contributed by atoms with Crippen molar-refractivity contribution in [2.75, 3.05) is 5.75 Å². The van der Waals surface area contributed by atoms with Crippen LogP contribution in [0.25, 0.3) is 0 Å². The molecule has 0 heterocycles. The van der Waals surface area contributed by atoms with Crippen LogP contribution in [0.4, 0.5) is 0 Å². The summed E-state index contributed by atoms with van der Waals surface area (Å²) in [5.41, 5.74) is 1.49. The molecule has 96 valence electrons. The molecule has 0 atom stereocenters. The van der Waals surface area contributed by atoms with Gasteiger partial charge in [-0.3, -0.25) is 0 Å². The Morgan fingerprint density at radius 2 is 1.65 bits per heavy atom. The summed E-state index contributed by atoms with van der Waals surface area (Å²) in [6, 6.07) is 10.8. The number of thioether (sulfide) groups is 1. The molecule has 0 aromatic heterocycles. The topological polar surface area (TPSA) is 0 Å². The molecular weight excluding hydrogens is 224 g/mol. The SMILES string of the molecule is CC.c1ccc(CCSC2CCCCC2)cc1. The largest absolute Gasteiger partial charge is 0.158 e. The molecule has 0 amide bonds. The summed E-state index contributed by atoms with van der Waals surface area (Å²) < 4.78 is 0. The summed E-state index contributed by atoms with van der Waals surface area (Å²) in [4.78, 5) is 0. The zero-order valence-electron chi connectivity index (χ0n) is 11.3. The zero-order valence-corrected chi connectivity index (χ0v) is 12.1. The highest BCUT2D eigenvalue weighted by molar-refractivity contribution is 7.99. The molecule has 0 N–H and O–H groups in total. The summed E-state index contributed by atoms with van der Waals surface area (Å²) in [6.45, 7) is 4.00. The fourth-order valence-electron chi connectivity index (χ4n) is 2.22. The second-order valence-corrected chi connectivity index (χ2v) is 5.77. The van der Waals surface area contributed by atoms with Gasteiger partial charge in [0.05, 0.1) is 0 Å². The van der Waals surface area contributed by atoms with Crippen molar-refractivity contribution in [2.24, 2.45) is 0 Å². The molecule has 1 fully saturated rings. The lowest BCUT2D eigenvalue weighted by Crippen LogP contribution is -2.09. The van der Waals surface area contributed by atoms with Gasteiger partial charge in [-0.1, -0.05) is 63.4 Å². The van der Waals surface area contributed by atoms with Crippen LogP contribution in [0, 0.1) is 0 Å². The van der Waals surface area contributed by atoms with Crippen molar-refractivity contribution in [3.8, 4) is 0 Å². The predicted molar refractivity (Wildman–Crippen MR) is 80.8 cm³/mol. The molecule has 1 aliphatic rings. The van der Waals surface area contributed by atoms with Crippen LogP contribution in [0.3, 0.4) is 0 Å². The van der Waals surface area contributed by atoms with Crippen molar-refractivity contribution in [3.05, 3.63) is 35.9 Å². The molecule has 1 aromatic rings. The molecule has 17 heavy (non-hydrogen) atoms. The lowest BCUT2D eigenvalue weighted by molar-refractivity contribution is 0.516. The van der Waals surface area contributed by atoms with E-state index in [1.807, 2.05) is 13.8 Å². The summed E-state index contributed by atoms with van der Waals surface area (Å²) in [7, 11) is 0. The molecule has 1 heteroatoms. The van der Waals surface area contributed by atoms with Gasteiger partial charge in [0.2, 0.25) is 0 Å². The summed E-state index contributed by atoms with van der Waals surface area (Å²) in [5.74, 6) is 1.30. The van der Waals surface area contributed by atoms with Gasteiger partial charge in [0, 0.05) is 5.25 Å². The molecule has 0 unspecified atom stereocenters. The first-order valence-electron chi connectivity index (χ1n) is 7.11. The van der Waals surface area contributed by atoms with Gasteiger partial charge in [0.1, 0.15) is 0 Å². The van der Waals surface area contributed by atoms with Gasteiger partial charge in [-0.05, 0) is 30.6 Å². The predicted octanol–water partition coefficient (Wildman–Crippen LogP) is 5.32. The lowest BCUT2D eigenvalue weighted by atomic mass is 10.0. The normalized spacial score (nSPS) is 16.1. The van der Waals surface area contributed by atoms with Crippen molar-refractivity contribution in [3.63, 3.8) is 0 Å². The van der Waals surface area contributed by atoms with Gasteiger partial charge in [-0.25, -0.2) is 0 Å². The average molecular weight is 250 g/mol. The Bertz CT molecular complexity index is 262. The van der Waals surface area contributed by atoms with E-state index < -0.39 is 0 Å². The number of benzene rings is 1. The molecule has 2 rings (SSSR count). The Labute approximate surface area is 111 Å². The Morgan fingerprint density at radius 3 is 2.29 bits per heavy atom. The highest BCUT2D eigenvalue weighted by Crippen LogP contribution is 2.28. The highest BCUT2D eigenvalue weighted by atomic mass is 32.2. The van der Waals surface area contributed by atoms with E-state index in [1.165, 1.54) is 49.8 Å². The summed E-state index contributed by atoms with van der Waals surface area (Å²) in [6.07, 6.45) is 8.54. The maximum absolute atomic E-state index is 2.24. The fraction of sp³-hybridized carbons (Fsp3) is 0.625. The van der Waals surface area contributed by atoms with E-state index in [9.17, 15) is 0 Å². The smallest absolute Gasteiger partial charge is 0.00471 e. The monoisotopic (exact) mass is 250 g/mol. The van der Waals surface area contributed by atoms with Gasteiger partial charge >= 0.3 is 0 Å². The van der Waals surface area contributed by atoms with Crippen molar-refractivity contribution in [1.82, 2.24) is 0 Å². The van der Waals surface area contributed by atoms with E-state index in [1.54, 1.807) is 0 Å². The first kappa shape index (κ1) is 14.6. The van der Waals surface area contributed by atoms with Crippen molar-refractivity contribution in [1.29, 1.82) is 0 Å². The van der Waals surface area contributed by atoms with Crippen LogP contribution in [0.15, 0.2) is 30.3 Å². The minimum Gasteiger partial charge on any atom is -0.158 e. The number of rotatable bonds is 4. The minimum absolute atomic E-state index is 0.961. The van der Waals surface area contributed by atoms with E-state index >= 15 is 0 Å². The first-order chi connectivity index (χ1) is 8.45. The number of aryl methyl sites for hydroxylation is 1. The molecule has 0 aliphatic heterocycles. The molecular formula is C16H26S.